The van der Waals surface area contributed by atoms with Crippen molar-refractivity contribution in [1.82, 2.24) is 0 Å². The van der Waals surface area contributed by atoms with Crippen LogP contribution >= 0.6 is 11.3 Å². The van der Waals surface area contributed by atoms with Crippen molar-refractivity contribution in [2.75, 3.05) is 18.9 Å². The van der Waals surface area contributed by atoms with Crippen LogP contribution in [0.5, 0.6) is 0 Å². The number of hydrogen-bond donors (Lipinski definition) is 2. The molecule has 0 spiro atoms. The van der Waals surface area contributed by atoms with Crippen molar-refractivity contribution in [3.8, 4) is 0 Å². The standard InChI is InChI=1S/C17H20N2O2S/c1-12-7-8-22-16(12)10-19(3)11-17(21)18-15-6-4-5-14(9-15)13(2)20/h4-9H,10-11H2,1-3H3,(H,18,21)/p+1. The third-order valence-electron chi connectivity index (χ3n) is 3.45. The first-order valence-electron chi connectivity index (χ1n) is 7.21. The number of aryl methyl sites for hydroxylation is 1. The third-order valence-corrected chi connectivity index (χ3v) is 4.47. The van der Waals surface area contributed by atoms with Crippen molar-refractivity contribution in [3.05, 3.63) is 51.7 Å². The summed E-state index contributed by atoms with van der Waals surface area (Å²) in [5, 5.41) is 4.93. The van der Waals surface area contributed by atoms with E-state index in [9.17, 15) is 9.59 Å². The van der Waals surface area contributed by atoms with Crippen LogP contribution in [0.3, 0.4) is 0 Å². The number of nitrogens with one attached hydrogen (secondary N) is 2. The van der Waals surface area contributed by atoms with Crippen LogP contribution in [0.1, 0.15) is 27.7 Å². The van der Waals surface area contributed by atoms with Crippen LogP contribution in [0.15, 0.2) is 35.7 Å². The van der Waals surface area contributed by atoms with Crippen LogP contribution in [-0.4, -0.2) is 25.3 Å². The second kappa shape index (κ2) is 7.33. The van der Waals surface area contributed by atoms with E-state index in [4.69, 9.17) is 0 Å². The van der Waals surface area contributed by atoms with Gasteiger partial charge in [-0.2, -0.15) is 0 Å². The molecule has 2 rings (SSSR count). The van der Waals surface area contributed by atoms with Crippen LogP contribution in [0.25, 0.3) is 0 Å². The summed E-state index contributed by atoms with van der Waals surface area (Å²) < 4.78 is 0. The van der Waals surface area contributed by atoms with Gasteiger partial charge in [-0.05, 0) is 43.0 Å². The number of carbonyl (C=O) groups excluding carboxylic acids is 2. The zero-order valence-electron chi connectivity index (χ0n) is 13.1. The number of Topliss-reactive ketones (excluding diaryl/α,β-unsaturated/α-hetero) is 1. The normalized spacial score (nSPS) is 12.0. The molecule has 2 N–H and O–H groups in total. The van der Waals surface area contributed by atoms with Crippen LogP contribution in [0, 0.1) is 6.92 Å². The molecule has 0 radical (unpaired) electrons. The summed E-state index contributed by atoms with van der Waals surface area (Å²) >= 11 is 1.72. The largest absolute Gasteiger partial charge is 0.325 e. The summed E-state index contributed by atoms with van der Waals surface area (Å²) in [7, 11) is 2.00. The van der Waals surface area contributed by atoms with Gasteiger partial charge in [0.05, 0.1) is 11.9 Å². The molecule has 1 heterocycles. The predicted molar refractivity (Wildman–Crippen MR) is 89.6 cm³/mol. The van der Waals surface area contributed by atoms with Crippen LogP contribution in [-0.2, 0) is 11.3 Å². The fraction of sp³-hybridized carbons (Fsp3) is 0.294. The number of amides is 1. The summed E-state index contributed by atoms with van der Waals surface area (Å²) in [5.41, 5.74) is 2.55. The fourth-order valence-electron chi connectivity index (χ4n) is 2.22. The molecular formula is C17H21N2O2S+. The first-order valence-corrected chi connectivity index (χ1v) is 8.09. The van der Waals surface area contributed by atoms with Crippen molar-refractivity contribution in [3.63, 3.8) is 0 Å². The van der Waals surface area contributed by atoms with Crippen LogP contribution in [0.4, 0.5) is 5.69 Å². The molecule has 0 aliphatic carbocycles. The molecule has 116 valence electrons. The molecule has 4 nitrogen and oxygen atoms in total. The van der Waals surface area contributed by atoms with Gasteiger partial charge >= 0.3 is 0 Å². The quantitative estimate of drug-likeness (QED) is 0.800. The summed E-state index contributed by atoms with van der Waals surface area (Å²) in [6.07, 6.45) is 0. The van der Waals surface area contributed by atoms with Gasteiger partial charge in [-0.1, -0.05) is 12.1 Å². The summed E-state index contributed by atoms with van der Waals surface area (Å²) in [6, 6.07) is 9.12. The molecule has 1 amide bonds. The number of quaternary nitrogens is 1. The highest BCUT2D eigenvalue weighted by Gasteiger charge is 2.13. The zero-order chi connectivity index (χ0) is 16.1. The van der Waals surface area contributed by atoms with E-state index in [1.54, 1.807) is 35.6 Å². The maximum absolute atomic E-state index is 12.1. The van der Waals surface area contributed by atoms with E-state index in [0.717, 1.165) is 11.4 Å². The minimum Gasteiger partial charge on any atom is -0.325 e. The van der Waals surface area contributed by atoms with Gasteiger partial charge in [0.2, 0.25) is 0 Å². The highest BCUT2D eigenvalue weighted by molar-refractivity contribution is 7.10. The smallest absolute Gasteiger partial charge is 0.279 e. The Bertz CT molecular complexity index is 679. The molecule has 0 saturated heterocycles. The SMILES string of the molecule is CC(=O)c1cccc(NC(=O)C[NH+](C)Cc2sccc2C)c1. The number of carbonyl (C=O) groups is 2. The monoisotopic (exact) mass is 317 g/mol. The maximum atomic E-state index is 12.1. The fourth-order valence-corrected chi connectivity index (χ4v) is 3.24. The van der Waals surface area contributed by atoms with Gasteiger partial charge < -0.3 is 10.2 Å². The van der Waals surface area contributed by atoms with E-state index < -0.39 is 0 Å². The summed E-state index contributed by atoms with van der Waals surface area (Å²) in [6.45, 7) is 4.83. The molecule has 0 fully saturated rings. The highest BCUT2D eigenvalue weighted by atomic mass is 32.1. The van der Waals surface area contributed by atoms with Crippen molar-refractivity contribution >= 4 is 28.7 Å². The number of likely N-dealkylation sites (N-methyl/N-ethyl adjacent to an activating group) is 1. The van der Waals surface area contributed by atoms with Gasteiger partial charge in [0.15, 0.2) is 12.3 Å². The molecule has 1 aromatic heterocycles. The van der Waals surface area contributed by atoms with Crippen molar-refractivity contribution in [1.29, 1.82) is 0 Å². The van der Waals surface area contributed by atoms with E-state index in [1.807, 2.05) is 7.05 Å². The second-order valence-electron chi connectivity index (χ2n) is 5.52. The van der Waals surface area contributed by atoms with Crippen molar-refractivity contribution in [2.24, 2.45) is 0 Å². The van der Waals surface area contributed by atoms with Crippen LogP contribution < -0.4 is 10.2 Å². The number of ketones is 1. The molecule has 1 atom stereocenters. The Balaban J connectivity index is 1.91. The van der Waals surface area contributed by atoms with E-state index in [2.05, 4.69) is 23.7 Å². The molecule has 0 saturated carbocycles. The average Bonchev–Trinajstić information content (AvgIpc) is 2.84. The lowest BCUT2D eigenvalue weighted by Gasteiger charge is -2.13. The van der Waals surface area contributed by atoms with Crippen molar-refractivity contribution < 1.29 is 14.5 Å². The summed E-state index contributed by atoms with van der Waals surface area (Å²) in [5.74, 6) is -0.0561. The lowest BCUT2D eigenvalue weighted by Crippen LogP contribution is -3.08. The van der Waals surface area contributed by atoms with Gasteiger partial charge in [-0.25, -0.2) is 0 Å². The number of anilines is 1. The second-order valence-corrected chi connectivity index (χ2v) is 6.52. The van der Waals surface area contributed by atoms with E-state index in [0.29, 0.717) is 17.8 Å². The van der Waals surface area contributed by atoms with Gasteiger partial charge in [-0.15, -0.1) is 11.3 Å². The molecule has 0 bridgehead atoms. The molecule has 2 aromatic rings. The average molecular weight is 317 g/mol. The molecular weight excluding hydrogens is 296 g/mol. The predicted octanol–water partition coefficient (Wildman–Crippen LogP) is 1.91. The summed E-state index contributed by atoms with van der Waals surface area (Å²) in [4.78, 5) is 25.9. The van der Waals surface area contributed by atoms with Gasteiger partial charge in [-0.3, -0.25) is 9.59 Å². The number of rotatable bonds is 6. The Morgan fingerprint density at radius 3 is 2.68 bits per heavy atom. The lowest BCUT2D eigenvalue weighted by molar-refractivity contribution is -0.884. The minimum absolute atomic E-state index is 0.00740. The maximum Gasteiger partial charge on any atom is 0.279 e. The molecule has 0 aliphatic heterocycles. The zero-order valence-corrected chi connectivity index (χ0v) is 13.9. The van der Waals surface area contributed by atoms with E-state index >= 15 is 0 Å². The van der Waals surface area contributed by atoms with Crippen LogP contribution in [0.2, 0.25) is 0 Å². The first kappa shape index (κ1) is 16.4. The Hall–Kier alpha value is -1.98. The molecule has 1 aromatic carbocycles. The molecule has 0 aliphatic rings. The molecule has 22 heavy (non-hydrogen) atoms. The highest BCUT2D eigenvalue weighted by Crippen LogP contribution is 2.14. The Labute approximate surface area is 134 Å². The number of thiophene rings is 1. The number of benzene rings is 1. The first-order chi connectivity index (χ1) is 10.5. The van der Waals surface area contributed by atoms with E-state index in [1.165, 1.54) is 17.4 Å². The minimum atomic E-state index is -0.0487. The molecule has 5 heteroatoms. The molecule has 1 unspecified atom stereocenters. The van der Waals surface area contributed by atoms with E-state index in [-0.39, 0.29) is 11.7 Å². The Morgan fingerprint density at radius 2 is 2.05 bits per heavy atom. The van der Waals surface area contributed by atoms with Gasteiger partial charge in [0.1, 0.15) is 6.54 Å². The Kier molecular flexibility index (Phi) is 5.46. The lowest BCUT2D eigenvalue weighted by atomic mass is 10.1. The third kappa shape index (κ3) is 4.51. The Morgan fingerprint density at radius 1 is 1.27 bits per heavy atom. The van der Waals surface area contributed by atoms with Gasteiger partial charge in [0.25, 0.3) is 5.91 Å². The number of hydrogen-bond acceptors (Lipinski definition) is 3. The van der Waals surface area contributed by atoms with Crippen molar-refractivity contribution in [2.45, 2.75) is 20.4 Å². The van der Waals surface area contributed by atoms with Gasteiger partial charge in [0, 0.05) is 11.3 Å². The topological polar surface area (TPSA) is 50.6 Å².